The van der Waals surface area contributed by atoms with E-state index >= 15 is 0 Å². The number of piperazine rings is 1. The van der Waals surface area contributed by atoms with Crippen LogP contribution in [0, 0.1) is 24.7 Å². The average Bonchev–Trinajstić information content (AvgIpc) is 3.78. The lowest BCUT2D eigenvalue weighted by atomic mass is 9.99. The Bertz CT molecular complexity index is 1290. The lowest BCUT2D eigenvalue weighted by Crippen LogP contribution is -2.52. The average molecular weight is 592 g/mol. The number of nitrogens with zero attached hydrogens (tertiary/aromatic N) is 5. The molecule has 2 N–H and O–H groups in total. The Labute approximate surface area is 254 Å². The molecule has 11 heteroatoms. The minimum absolute atomic E-state index is 0.0533. The molecule has 0 spiro atoms. The minimum Gasteiger partial charge on any atom is -0.377 e. The largest absolute Gasteiger partial charge is 0.377 e. The fourth-order valence-electron chi connectivity index (χ4n) is 6.14. The first-order valence-electron chi connectivity index (χ1n) is 15.6. The second-order valence-electron chi connectivity index (χ2n) is 12.1. The van der Waals surface area contributed by atoms with Crippen molar-refractivity contribution in [1.82, 2.24) is 30.1 Å². The van der Waals surface area contributed by atoms with Crippen molar-refractivity contribution in [3.05, 3.63) is 41.7 Å². The van der Waals surface area contributed by atoms with Gasteiger partial charge < -0.3 is 25.0 Å². The molecule has 0 saturated carbocycles. The first kappa shape index (κ1) is 31.0. The van der Waals surface area contributed by atoms with Gasteiger partial charge in [0.15, 0.2) is 5.69 Å². The maximum Gasteiger partial charge on any atom is 0.319 e. The van der Waals surface area contributed by atoms with Crippen molar-refractivity contribution in [1.29, 1.82) is 0 Å². The van der Waals surface area contributed by atoms with Crippen molar-refractivity contribution in [3.8, 4) is 11.8 Å². The van der Waals surface area contributed by atoms with Crippen LogP contribution in [0.25, 0.3) is 0 Å². The maximum atomic E-state index is 13.3. The summed E-state index contributed by atoms with van der Waals surface area (Å²) in [4.78, 5) is 29.8. The van der Waals surface area contributed by atoms with Gasteiger partial charge in [0.1, 0.15) is 0 Å². The molecule has 11 nitrogen and oxygen atoms in total. The van der Waals surface area contributed by atoms with Crippen LogP contribution in [0.5, 0.6) is 0 Å². The summed E-state index contributed by atoms with van der Waals surface area (Å²) in [6, 6.07) is 7.37. The van der Waals surface area contributed by atoms with Crippen molar-refractivity contribution < 1.29 is 19.1 Å². The number of rotatable bonds is 9. The molecule has 0 aliphatic carbocycles. The van der Waals surface area contributed by atoms with E-state index < -0.39 is 0 Å². The van der Waals surface area contributed by atoms with Crippen LogP contribution in [0.3, 0.4) is 0 Å². The lowest BCUT2D eigenvalue weighted by molar-refractivity contribution is -0.142. The monoisotopic (exact) mass is 591 g/mol. The van der Waals surface area contributed by atoms with Crippen LogP contribution >= 0.6 is 0 Å². The molecule has 3 fully saturated rings. The quantitative estimate of drug-likeness (QED) is 0.431. The summed E-state index contributed by atoms with van der Waals surface area (Å²) in [7, 11) is 0. The summed E-state index contributed by atoms with van der Waals surface area (Å²) < 4.78 is 14.0. The molecular weight excluding hydrogens is 546 g/mol. The molecule has 3 aliphatic heterocycles. The number of anilines is 1. The molecule has 1 aromatic heterocycles. The van der Waals surface area contributed by atoms with E-state index in [0.717, 1.165) is 82.7 Å². The number of carbonyl (C=O) groups is 2. The highest BCUT2D eigenvalue weighted by Crippen LogP contribution is 2.31. The number of urea groups is 1. The van der Waals surface area contributed by atoms with Crippen molar-refractivity contribution in [2.45, 2.75) is 77.2 Å². The predicted molar refractivity (Wildman–Crippen MR) is 163 cm³/mol. The van der Waals surface area contributed by atoms with Crippen LogP contribution in [-0.2, 0) is 14.3 Å². The van der Waals surface area contributed by atoms with E-state index in [9.17, 15) is 9.59 Å². The molecule has 3 saturated heterocycles. The van der Waals surface area contributed by atoms with E-state index in [2.05, 4.69) is 44.6 Å². The normalized spacial score (nSPS) is 23.8. The van der Waals surface area contributed by atoms with Crippen LogP contribution in [0.1, 0.15) is 63.3 Å². The Morgan fingerprint density at radius 3 is 2.72 bits per heavy atom. The molecule has 5 atom stereocenters. The Hall–Kier alpha value is -3.46. The van der Waals surface area contributed by atoms with Crippen LogP contribution < -0.4 is 10.6 Å². The number of carbonyl (C=O) groups excluding carboxylic acids is 2. The summed E-state index contributed by atoms with van der Waals surface area (Å²) in [5.74, 6) is 5.94. The smallest absolute Gasteiger partial charge is 0.319 e. The van der Waals surface area contributed by atoms with Crippen LogP contribution in [0.4, 0.5) is 10.5 Å². The van der Waals surface area contributed by atoms with Gasteiger partial charge in [-0.3, -0.25) is 9.69 Å². The highest BCUT2D eigenvalue weighted by Gasteiger charge is 2.36. The van der Waals surface area contributed by atoms with Gasteiger partial charge in [0, 0.05) is 45.0 Å². The van der Waals surface area contributed by atoms with Gasteiger partial charge in [-0.25, -0.2) is 9.48 Å². The molecule has 232 valence electrons. The Kier molecular flexibility index (Phi) is 10.7. The molecule has 3 amide bonds. The van der Waals surface area contributed by atoms with Gasteiger partial charge in [-0.15, -0.1) is 5.10 Å². The molecule has 1 unspecified atom stereocenters. The standard InChI is InChI=1S/C32H45N7O4/c1-23-7-4-8-26(19-23)34-32(41)33-13-5-9-27-21-39(36-35-27)24(2)20-28-11-12-30(43-28)25(3)31(40)38-16-14-37(15-17-38)22-29-10-6-18-42-29/h4,7-8,19,21,24-25,28-30H,6,10-18,20,22H2,1-3H3,(H2,33,34,41)/t24-,25-,28+,29?,30-/m1/s1. The van der Waals surface area contributed by atoms with Crippen molar-refractivity contribution >= 4 is 17.6 Å². The van der Waals surface area contributed by atoms with Crippen molar-refractivity contribution in [2.24, 2.45) is 5.92 Å². The van der Waals surface area contributed by atoms with Gasteiger partial charge in [0.2, 0.25) is 5.91 Å². The molecule has 5 rings (SSSR count). The topological polar surface area (TPSA) is 114 Å². The first-order valence-corrected chi connectivity index (χ1v) is 15.6. The van der Waals surface area contributed by atoms with Crippen LogP contribution in [-0.4, -0.2) is 101 Å². The van der Waals surface area contributed by atoms with E-state index in [1.54, 1.807) is 0 Å². The second-order valence-corrected chi connectivity index (χ2v) is 12.1. The van der Waals surface area contributed by atoms with Crippen molar-refractivity contribution in [3.63, 3.8) is 0 Å². The van der Waals surface area contributed by atoms with Crippen LogP contribution in [0.2, 0.25) is 0 Å². The highest BCUT2D eigenvalue weighted by molar-refractivity contribution is 5.89. The summed E-state index contributed by atoms with van der Waals surface area (Å²) in [5, 5.41) is 13.9. The fourth-order valence-corrected chi connectivity index (χ4v) is 6.14. The number of benzene rings is 1. The van der Waals surface area contributed by atoms with Gasteiger partial charge in [-0.05, 0) is 69.6 Å². The summed E-state index contributed by atoms with van der Waals surface area (Å²) in [6.45, 7) is 11.5. The van der Waals surface area contributed by atoms with Gasteiger partial charge in [-0.2, -0.15) is 0 Å². The van der Waals surface area contributed by atoms with Gasteiger partial charge in [0.05, 0.1) is 43.0 Å². The zero-order chi connectivity index (χ0) is 30.2. The number of aryl methyl sites for hydroxylation is 1. The van der Waals surface area contributed by atoms with E-state index in [-0.39, 0.29) is 42.7 Å². The van der Waals surface area contributed by atoms with E-state index in [4.69, 9.17) is 9.47 Å². The third-order valence-electron chi connectivity index (χ3n) is 8.65. The number of aromatic nitrogens is 3. The van der Waals surface area contributed by atoms with Crippen LogP contribution in [0.15, 0.2) is 30.5 Å². The molecule has 4 heterocycles. The maximum absolute atomic E-state index is 13.3. The summed E-state index contributed by atoms with van der Waals surface area (Å²) in [5.41, 5.74) is 2.36. The molecule has 2 aromatic rings. The number of hydrogen-bond donors (Lipinski definition) is 2. The summed E-state index contributed by atoms with van der Waals surface area (Å²) >= 11 is 0. The number of nitrogens with one attached hydrogen (secondary N) is 2. The van der Waals surface area contributed by atoms with E-state index in [1.165, 1.54) is 0 Å². The number of ether oxygens (including phenoxy) is 2. The molecule has 0 bridgehead atoms. The molecule has 1 aromatic carbocycles. The van der Waals surface area contributed by atoms with Gasteiger partial charge in [0.25, 0.3) is 0 Å². The first-order chi connectivity index (χ1) is 20.8. The minimum atomic E-state index is -0.310. The molecule has 43 heavy (non-hydrogen) atoms. The zero-order valence-corrected chi connectivity index (χ0v) is 25.6. The predicted octanol–water partition coefficient (Wildman–Crippen LogP) is 3.22. The molecular formula is C32H45N7O4. The number of hydrogen-bond acceptors (Lipinski definition) is 7. The van der Waals surface area contributed by atoms with Crippen molar-refractivity contribution in [2.75, 3.05) is 51.2 Å². The zero-order valence-electron chi connectivity index (χ0n) is 25.6. The third kappa shape index (κ3) is 8.78. The lowest BCUT2D eigenvalue weighted by Gasteiger charge is -2.37. The molecule has 3 aliphatic rings. The van der Waals surface area contributed by atoms with E-state index in [1.807, 2.05) is 53.9 Å². The Morgan fingerprint density at radius 1 is 1.12 bits per heavy atom. The van der Waals surface area contributed by atoms with E-state index in [0.29, 0.717) is 11.8 Å². The highest BCUT2D eigenvalue weighted by atomic mass is 16.5. The Morgan fingerprint density at radius 2 is 1.95 bits per heavy atom. The SMILES string of the molecule is Cc1cccc(NC(=O)NCC#Cc2cn([C@H](C)C[C@@H]3CC[C@H]([C@@H](C)C(=O)N4CCN(CC5CCCO5)CC4)O3)nn2)c1. The van der Waals surface area contributed by atoms with Gasteiger partial charge in [-0.1, -0.05) is 30.2 Å². The number of amides is 3. The second kappa shape index (κ2) is 14.8. The van der Waals surface area contributed by atoms with Gasteiger partial charge >= 0.3 is 6.03 Å². The third-order valence-corrected chi connectivity index (χ3v) is 8.65. The molecule has 0 radical (unpaired) electrons. The summed E-state index contributed by atoms with van der Waals surface area (Å²) in [6.07, 6.45) is 7.12. The fraction of sp³-hybridized carbons (Fsp3) is 0.625. The Balaban J connectivity index is 1.01.